The van der Waals surface area contributed by atoms with Gasteiger partial charge in [-0.2, -0.15) is 0 Å². The molecular weight excluding hydrogens is 428 g/mol. The van der Waals surface area contributed by atoms with Crippen molar-refractivity contribution in [1.29, 1.82) is 0 Å². The number of nitrogen functional groups attached to an aromatic ring is 2. The van der Waals surface area contributed by atoms with Crippen LogP contribution in [-0.2, 0) is 20.7 Å². The van der Waals surface area contributed by atoms with Crippen LogP contribution in [0.2, 0.25) is 0 Å². The fourth-order valence-corrected chi connectivity index (χ4v) is 4.35. The molecule has 0 heterocycles. The maximum Gasteiger partial charge on any atom is 0.338 e. The lowest BCUT2D eigenvalue weighted by Gasteiger charge is -2.28. The van der Waals surface area contributed by atoms with Crippen LogP contribution in [0.4, 0.5) is 11.4 Å². The van der Waals surface area contributed by atoms with Gasteiger partial charge in [0.05, 0.1) is 12.2 Å². The molecule has 4 N–H and O–H groups in total. The minimum atomic E-state index is -0.435. The number of esters is 2. The van der Waals surface area contributed by atoms with Gasteiger partial charge in [-0.05, 0) is 79.1 Å². The zero-order valence-electron chi connectivity index (χ0n) is 20.0. The van der Waals surface area contributed by atoms with Crippen molar-refractivity contribution >= 4 is 29.4 Å². The molecule has 0 spiro atoms. The highest BCUT2D eigenvalue weighted by atomic mass is 16.5. The lowest BCUT2D eigenvalue weighted by atomic mass is 9.84. The predicted octanol–water partition coefficient (Wildman–Crippen LogP) is 5.56. The molecule has 0 aromatic heterocycles. The molecule has 0 saturated heterocycles. The number of unbranched alkanes of at least 4 members (excludes halogenated alkanes) is 1. The number of ether oxygens (including phenoxy) is 2. The number of nitrogens with two attached hydrogens (primary N) is 2. The van der Waals surface area contributed by atoms with Gasteiger partial charge in [0.2, 0.25) is 0 Å². The third kappa shape index (κ3) is 8.25. The van der Waals surface area contributed by atoms with Crippen molar-refractivity contribution in [3.63, 3.8) is 0 Å². The van der Waals surface area contributed by atoms with E-state index in [0.717, 1.165) is 42.7 Å². The van der Waals surface area contributed by atoms with Crippen LogP contribution in [0.15, 0.2) is 48.5 Å². The molecule has 2 aromatic rings. The number of benzene rings is 2. The topological polar surface area (TPSA) is 105 Å². The van der Waals surface area contributed by atoms with E-state index in [1.54, 1.807) is 36.4 Å². The maximum absolute atomic E-state index is 12.5. The van der Waals surface area contributed by atoms with Gasteiger partial charge in [-0.25, -0.2) is 9.59 Å². The van der Waals surface area contributed by atoms with Gasteiger partial charge >= 0.3 is 11.9 Å². The van der Waals surface area contributed by atoms with E-state index in [1.165, 1.54) is 25.3 Å². The van der Waals surface area contributed by atoms with E-state index < -0.39 is 5.97 Å². The van der Waals surface area contributed by atoms with Crippen LogP contribution >= 0.6 is 0 Å². The second-order valence-corrected chi connectivity index (χ2v) is 9.07. The van der Waals surface area contributed by atoms with E-state index in [1.807, 2.05) is 12.1 Å². The van der Waals surface area contributed by atoms with E-state index in [4.69, 9.17) is 20.9 Å². The Morgan fingerprint density at radius 3 is 2.32 bits per heavy atom. The third-order valence-electron chi connectivity index (χ3n) is 6.26. The fourth-order valence-electron chi connectivity index (χ4n) is 4.35. The Morgan fingerprint density at radius 2 is 1.68 bits per heavy atom. The minimum Gasteiger partial charge on any atom is -0.462 e. The average molecular weight is 465 g/mol. The number of carbonyl (C=O) groups excluding carboxylic acids is 2. The van der Waals surface area contributed by atoms with Crippen molar-refractivity contribution in [2.24, 2.45) is 5.92 Å². The van der Waals surface area contributed by atoms with Crippen molar-refractivity contribution in [3.05, 3.63) is 65.2 Å². The summed E-state index contributed by atoms with van der Waals surface area (Å²) in [4.78, 5) is 24.5. The molecule has 34 heavy (non-hydrogen) atoms. The summed E-state index contributed by atoms with van der Waals surface area (Å²) in [7, 11) is 0. The normalized spacial score (nSPS) is 18.0. The largest absolute Gasteiger partial charge is 0.462 e. The minimum absolute atomic E-state index is 0.0171. The lowest BCUT2D eigenvalue weighted by Crippen LogP contribution is -2.24. The van der Waals surface area contributed by atoms with Crippen molar-refractivity contribution in [1.82, 2.24) is 0 Å². The van der Waals surface area contributed by atoms with E-state index in [0.29, 0.717) is 23.4 Å². The van der Waals surface area contributed by atoms with Gasteiger partial charge in [-0.1, -0.05) is 38.3 Å². The Kier molecular flexibility index (Phi) is 9.56. The molecule has 1 fully saturated rings. The first-order valence-electron chi connectivity index (χ1n) is 12.2. The van der Waals surface area contributed by atoms with Crippen molar-refractivity contribution in [2.75, 3.05) is 18.1 Å². The van der Waals surface area contributed by atoms with Gasteiger partial charge in [0.1, 0.15) is 6.10 Å². The first kappa shape index (κ1) is 25.3. The molecule has 1 saturated carbocycles. The van der Waals surface area contributed by atoms with Crippen molar-refractivity contribution in [2.45, 2.75) is 64.4 Å². The summed E-state index contributed by atoms with van der Waals surface area (Å²) >= 11 is 0. The van der Waals surface area contributed by atoms with Crippen LogP contribution in [0.25, 0.3) is 6.08 Å². The molecule has 0 bridgehead atoms. The Morgan fingerprint density at radius 1 is 1.00 bits per heavy atom. The van der Waals surface area contributed by atoms with Crippen LogP contribution in [0.5, 0.6) is 0 Å². The summed E-state index contributed by atoms with van der Waals surface area (Å²) in [5.41, 5.74) is 15.0. The highest BCUT2D eigenvalue weighted by molar-refractivity contribution is 5.90. The SMILES string of the molecule is CCCCC1CCC(OC(=O)c2ccc(C=CC(=O)OCCc3cc(N)cc(N)c3)cc2)CC1. The number of hydrogen-bond acceptors (Lipinski definition) is 6. The van der Waals surface area contributed by atoms with Crippen LogP contribution in [0.1, 0.15) is 73.4 Å². The van der Waals surface area contributed by atoms with E-state index >= 15 is 0 Å². The van der Waals surface area contributed by atoms with Crippen LogP contribution < -0.4 is 11.5 Å². The Balaban J connectivity index is 1.40. The molecule has 2 aromatic carbocycles. The van der Waals surface area contributed by atoms with Gasteiger partial charge in [0.25, 0.3) is 0 Å². The lowest BCUT2D eigenvalue weighted by molar-refractivity contribution is -0.137. The Bertz CT molecular complexity index is 956. The molecular formula is C28H36N2O4. The first-order valence-corrected chi connectivity index (χ1v) is 12.2. The molecule has 0 radical (unpaired) electrons. The molecule has 0 aliphatic heterocycles. The molecule has 0 unspecified atom stereocenters. The molecule has 6 nitrogen and oxygen atoms in total. The summed E-state index contributed by atoms with van der Waals surface area (Å²) in [6.45, 7) is 2.46. The molecule has 1 aliphatic carbocycles. The van der Waals surface area contributed by atoms with Gasteiger partial charge < -0.3 is 20.9 Å². The Hall–Kier alpha value is -3.28. The third-order valence-corrected chi connectivity index (χ3v) is 6.26. The standard InChI is InChI=1S/C28H36N2O4/c1-2-3-4-20-7-12-26(13-8-20)34-28(32)23-10-5-21(6-11-23)9-14-27(31)33-16-15-22-17-24(29)19-25(30)18-22/h5-6,9-11,14,17-20,26H,2-4,7-8,12-13,15-16,29-30H2,1H3. The molecule has 3 rings (SSSR count). The quantitative estimate of drug-likeness (QED) is 0.271. The van der Waals surface area contributed by atoms with E-state index in [2.05, 4.69) is 6.92 Å². The zero-order chi connectivity index (χ0) is 24.3. The number of anilines is 2. The van der Waals surface area contributed by atoms with Gasteiger partial charge in [-0.3, -0.25) is 0 Å². The number of hydrogen-bond donors (Lipinski definition) is 2. The fraction of sp³-hybridized carbons (Fsp3) is 0.429. The summed E-state index contributed by atoms with van der Waals surface area (Å²) in [5.74, 6) is 0.0626. The monoisotopic (exact) mass is 464 g/mol. The molecule has 6 heteroatoms. The zero-order valence-corrected chi connectivity index (χ0v) is 20.0. The molecule has 182 valence electrons. The second-order valence-electron chi connectivity index (χ2n) is 9.07. The van der Waals surface area contributed by atoms with Crippen molar-refractivity contribution < 1.29 is 19.1 Å². The van der Waals surface area contributed by atoms with Crippen LogP contribution in [0.3, 0.4) is 0 Å². The predicted molar refractivity (Wildman–Crippen MR) is 136 cm³/mol. The summed E-state index contributed by atoms with van der Waals surface area (Å²) in [6, 6.07) is 12.3. The average Bonchev–Trinajstić information content (AvgIpc) is 2.82. The van der Waals surface area contributed by atoms with Crippen LogP contribution in [0, 0.1) is 5.92 Å². The van der Waals surface area contributed by atoms with E-state index in [-0.39, 0.29) is 18.7 Å². The highest BCUT2D eigenvalue weighted by Crippen LogP contribution is 2.30. The maximum atomic E-state index is 12.5. The van der Waals surface area contributed by atoms with Gasteiger partial charge in [-0.15, -0.1) is 0 Å². The van der Waals surface area contributed by atoms with E-state index in [9.17, 15) is 9.59 Å². The molecule has 0 amide bonds. The molecule has 1 aliphatic rings. The highest BCUT2D eigenvalue weighted by Gasteiger charge is 2.24. The summed E-state index contributed by atoms with van der Waals surface area (Å²) in [5, 5.41) is 0. The first-order chi connectivity index (χ1) is 16.4. The Labute approximate surface area is 202 Å². The molecule has 0 atom stereocenters. The summed E-state index contributed by atoms with van der Waals surface area (Å²) < 4.78 is 11.0. The van der Waals surface area contributed by atoms with Gasteiger partial charge in [0.15, 0.2) is 0 Å². The van der Waals surface area contributed by atoms with Crippen LogP contribution in [-0.4, -0.2) is 24.6 Å². The second kappa shape index (κ2) is 12.8. The number of carbonyl (C=O) groups is 2. The van der Waals surface area contributed by atoms with Gasteiger partial charge in [0, 0.05) is 23.9 Å². The number of rotatable bonds is 10. The summed E-state index contributed by atoms with van der Waals surface area (Å²) in [6.07, 6.45) is 11.6. The smallest absolute Gasteiger partial charge is 0.338 e. The van der Waals surface area contributed by atoms with Crippen molar-refractivity contribution in [3.8, 4) is 0 Å².